The summed E-state index contributed by atoms with van der Waals surface area (Å²) in [5.74, 6) is 1.73. The smallest absolute Gasteiger partial charge is 0.172 e. The van der Waals surface area contributed by atoms with Gasteiger partial charge in [0, 0.05) is 23.2 Å². The topological polar surface area (TPSA) is 42.2 Å². The van der Waals surface area contributed by atoms with Crippen LogP contribution in [0, 0.1) is 5.92 Å². The zero-order chi connectivity index (χ0) is 15.1. The van der Waals surface area contributed by atoms with Crippen LogP contribution in [0.5, 0.6) is 0 Å². The Kier molecular flexibility index (Phi) is 3.54. The summed E-state index contributed by atoms with van der Waals surface area (Å²) in [6.45, 7) is 0.971. The molecule has 22 heavy (non-hydrogen) atoms. The van der Waals surface area contributed by atoms with Crippen molar-refractivity contribution in [3.8, 4) is 11.3 Å². The maximum Gasteiger partial charge on any atom is 0.172 e. The van der Waals surface area contributed by atoms with Crippen LogP contribution in [0.25, 0.3) is 16.9 Å². The molecule has 1 aliphatic rings. The summed E-state index contributed by atoms with van der Waals surface area (Å²) in [7, 11) is 0. The molecule has 0 aliphatic heterocycles. The molecule has 1 N–H and O–H groups in total. The third-order valence-electron chi connectivity index (χ3n) is 3.85. The zero-order valence-corrected chi connectivity index (χ0v) is 14.1. The van der Waals surface area contributed by atoms with Crippen molar-refractivity contribution in [2.45, 2.75) is 12.8 Å². The summed E-state index contributed by atoms with van der Waals surface area (Å²) in [5, 5.41) is 8.57. The highest BCUT2D eigenvalue weighted by Gasteiger charge is 2.21. The third kappa shape index (κ3) is 2.59. The molecule has 1 aromatic carbocycles. The monoisotopic (exact) mass is 376 g/mol. The molecule has 0 spiro atoms. The number of nitrogens with zero attached hydrogens (tertiary/aromatic N) is 3. The van der Waals surface area contributed by atoms with E-state index in [9.17, 15) is 0 Å². The van der Waals surface area contributed by atoms with E-state index in [1.165, 1.54) is 12.8 Å². The van der Waals surface area contributed by atoms with E-state index in [4.69, 9.17) is 16.6 Å². The van der Waals surface area contributed by atoms with Crippen LogP contribution in [-0.4, -0.2) is 21.1 Å². The molecule has 0 unspecified atom stereocenters. The van der Waals surface area contributed by atoms with Crippen LogP contribution in [0.3, 0.4) is 0 Å². The van der Waals surface area contributed by atoms with Crippen molar-refractivity contribution < 1.29 is 0 Å². The van der Waals surface area contributed by atoms with Crippen molar-refractivity contribution in [3.05, 3.63) is 46.0 Å². The van der Waals surface area contributed by atoms with Gasteiger partial charge in [-0.25, -0.2) is 4.98 Å². The predicted octanol–water partition coefficient (Wildman–Crippen LogP) is 4.63. The first kappa shape index (κ1) is 14.0. The maximum absolute atomic E-state index is 6.32. The summed E-state index contributed by atoms with van der Waals surface area (Å²) < 4.78 is 2.70. The first-order valence-corrected chi connectivity index (χ1v) is 8.42. The molecule has 112 valence electrons. The van der Waals surface area contributed by atoms with Crippen molar-refractivity contribution in [1.29, 1.82) is 0 Å². The summed E-state index contributed by atoms with van der Waals surface area (Å²) >= 11 is 9.83. The van der Waals surface area contributed by atoms with Crippen molar-refractivity contribution >= 4 is 39.0 Å². The lowest BCUT2D eigenvalue weighted by atomic mass is 10.1. The van der Waals surface area contributed by atoms with Crippen LogP contribution in [0.2, 0.25) is 5.02 Å². The van der Waals surface area contributed by atoms with Gasteiger partial charge in [0.1, 0.15) is 5.82 Å². The molecule has 3 aromatic rings. The van der Waals surface area contributed by atoms with Crippen molar-refractivity contribution in [1.82, 2.24) is 14.6 Å². The lowest BCUT2D eigenvalue weighted by molar-refractivity contribution is 0.857. The molecule has 0 amide bonds. The van der Waals surface area contributed by atoms with Gasteiger partial charge in [-0.05, 0) is 40.8 Å². The fourth-order valence-corrected chi connectivity index (χ4v) is 3.02. The fraction of sp³-hybridized carbons (Fsp3) is 0.250. The van der Waals surface area contributed by atoms with Gasteiger partial charge in [-0.2, -0.15) is 9.61 Å². The van der Waals surface area contributed by atoms with Gasteiger partial charge in [-0.3, -0.25) is 0 Å². The van der Waals surface area contributed by atoms with E-state index in [-0.39, 0.29) is 0 Å². The Bertz CT molecular complexity index is 841. The Labute approximate surface area is 141 Å². The second kappa shape index (κ2) is 5.56. The quantitative estimate of drug-likeness (QED) is 0.720. The highest BCUT2D eigenvalue weighted by molar-refractivity contribution is 9.10. The molecule has 0 atom stereocenters. The minimum absolute atomic E-state index is 0.697. The van der Waals surface area contributed by atoms with E-state index in [1.807, 2.05) is 34.8 Å². The van der Waals surface area contributed by atoms with Crippen LogP contribution >= 0.6 is 27.5 Å². The SMILES string of the molecule is Clc1ccccc1-c1cc(NCC2CC2)n2ncc(Br)c2n1. The Balaban J connectivity index is 1.84. The van der Waals surface area contributed by atoms with Crippen LogP contribution in [0.4, 0.5) is 5.82 Å². The first-order chi connectivity index (χ1) is 10.7. The number of halogens is 2. The highest BCUT2D eigenvalue weighted by Crippen LogP contribution is 2.32. The average Bonchev–Trinajstić information content (AvgIpc) is 3.28. The number of hydrogen-bond acceptors (Lipinski definition) is 3. The van der Waals surface area contributed by atoms with Crippen LogP contribution in [0.15, 0.2) is 41.0 Å². The van der Waals surface area contributed by atoms with Gasteiger partial charge in [0.2, 0.25) is 0 Å². The molecule has 0 bridgehead atoms. The number of fused-ring (bicyclic) bond motifs is 1. The van der Waals surface area contributed by atoms with E-state index in [0.29, 0.717) is 5.02 Å². The number of nitrogens with one attached hydrogen (secondary N) is 1. The molecule has 1 aliphatic carbocycles. The van der Waals surface area contributed by atoms with Gasteiger partial charge >= 0.3 is 0 Å². The van der Waals surface area contributed by atoms with Gasteiger partial charge < -0.3 is 5.32 Å². The Morgan fingerprint density at radius 3 is 2.91 bits per heavy atom. The number of anilines is 1. The van der Waals surface area contributed by atoms with E-state index in [2.05, 4.69) is 26.3 Å². The normalized spacial score (nSPS) is 14.5. The summed E-state index contributed by atoms with van der Waals surface area (Å²) in [4.78, 5) is 4.70. The van der Waals surface area contributed by atoms with Crippen LogP contribution in [-0.2, 0) is 0 Å². The van der Waals surface area contributed by atoms with E-state index in [0.717, 1.165) is 39.7 Å². The Hall–Kier alpha value is -1.59. The lowest BCUT2D eigenvalue weighted by Gasteiger charge is -2.11. The fourth-order valence-electron chi connectivity index (χ4n) is 2.44. The largest absolute Gasteiger partial charge is 0.370 e. The number of rotatable bonds is 4. The predicted molar refractivity (Wildman–Crippen MR) is 92.3 cm³/mol. The van der Waals surface area contributed by atoms with E-state index < -0.39 is 0 Å². The molecule has 1 fully saturated rings. The van der Waals surface area contributed by atoms with Crippen molar-refractivity contribution in [3.63, 3.8) is 0 Å². The van der Waals surface area contributed by atoms with Gasteiger partial charge in [-0.15, -0.1) is 0 Å². The number of hydrogen-bond donors (Lipinski definition) is 1. The van der Waals surface area contributed by atoms with Gasteiger partial charge in [-0.1, -0.05) is 29.8 Å². The minimum Gasteiger partial charge on any atom is -0.370 e. The molecular weight excluding hydrogens is 364 g/mol. The third-order valence-corrected chi connectivity index (χ3v) is 4.74. The summed E-state index contributed by atoms with van der Waals surface area (Å²) in [6.07, 6.45) is 4.38. The molecule has 1 saturated carbocycles. The standard InChI is InChI=1S/C16H14BrClN4/c17-12-9-20-22-15(19-8-10-5-6-10)7-14(21-16(12)22)11-3-1-2-4-13(11)18/h1-4,7,9-10,19H,5-6,8H2. The van der Waals surface area contributed by atoms with Gasteiger partial charge in [0.25, 0.3) is 0 Å². The maximum atomic E-state index is 6.32. The van der Waals surface area contributed by atoms with Gasteiger partial charge in [0.05, 0.1) is 16.4 Å². The van der Waals surface area contributed by atoms with E-state index >= 15 is 0 Å². The highest BCUT2D eigenvalue weighted by atomic mass is 79.9. The second-order valence-electron chi connectivity index (χ2n) is 5.56. The number of aromatic nitrogens is 3. The summed E-state index contributed by atoms with van der Waals surface area (Å²) in [5.41, 5.74) is 2.56. The zero-order valence-electron chi connectivity index (χ0n) is 11.8. The number of benzene rings is 1. The van der Waals surface area contributed by atoms with Crippen molar-refractivity contribution in [2.24, 2.45) is 5.92 Å². The molecular formula is C16H14BrClN4. The molecule has 2 aromatic heterocycles. The molecule has 4 nitrogen and oxygen atoms in total. The van der Waals surface area contributed by atoms with E-state index in [1.54, 1.807) is 6.20 Å². The molecule has 0 radical (unpaired) electrons. The Morgan fingerprint density at radius 1 is 1.32 bits per heavy atom. The second-order valence-corrected chi connectivity index (χ2v) is 6.82. The Morgan fingerprint density at radius 2 is 2.14 bits per heavy atom. The molecule has 2 heterocycles. The molecule has 6 heteroatoms. The first-order valence-electron chi connectivity index (χ1n) is 7.25. The minimum atomic E-state index is 0.697. The van der Waals surface area contributed by atoms with Crippen LogP contribution < -0.4 is 5.32 Å². The average molecular weight is 378 g/mol. The molecule has 4 rings (SSSR count). The van der Waals surface area contributed by atoms with Gasteiger partial charge in [0.15, 0.2) is 5.65 Å². The van der Waals surface area contributed by atoms with Crippen molar-refractivity contribution in [2.75, 3.05) is 11.9 Å². The lowest BCUT2D eigenvalue weighted by Crippen LogP contribution is -2.09. The summed E-state index contributed by atoms with van der Waals surface area (Å²) in [6, 6.07) is 9.76. The molecule has 0 saturated heterocycles. The van der Waals surface area contributed by atoms with Crippen LogP contribution in [0.1, 0.15) is 12.8 Å².